The summed E-state index contributed by atoms with van der Waals surface area (Å²) in [5.74, 6) is -0.0260. The van der Waals surface area contributed by atoms with Crippen LogP contribution in [0.15, 0.2) is 53.1 Å². The lowest BCUT2D eigenvalue weighted by Gasteiger charge is -2.19. The number of aryl methyl sites for hydroxylation is 1. The number of rotatable bonds is 4. The van der Waals surface area contributed by atoms with Crippen LogP contribution in [0.1, 0.15) is 34.3 Å². The number of para-hydroxylation sites is 1. The molecule has 0 saturated carbocycles. The fourth-order valence-corrected chi connectivity index (χ4v) is 3.57. The second kappa shape index (κ2) is 7.76. The Morgan fingerprint density at radius 2 is 1.93 bits per heavy atom. The van der Waals surface area contributed by atoms with E-state index < -0.39 is 0 Å². The Labute approximate surface area is 163 Å². The van der Waals surface area contributed by atoms with E-state index in [1.807, 2.05) is 48.2 Å². The molecule has 144 valence electrons. The number of furan rings is 1. The number of nitrogens with zero attached hydrogens (tertiary/aromatic N) is 1. The first-order chi connectivity index (χ1) is 13.6. The fraction of sp³-hybridized carbons (Fsp3) is 0.273. The molecule has 0 unspecified atom stereocenters. The van der Waals surface area contributed by atoms with Crippen LogP contribution in [0.25, 0.3) is 11.0 Å². The summed E-state index contributed by atoms with van der Waals surface area (Å²) in [5.41, 5.74) is 3.76. The Morgan fingerprint density at radius 1 is 1.11 bits per heavy atom. The number of benzene rings is 2. The molecule has 0 bridgehead atoms. The van der Waals surface area contributed by atoms with Gasteiger partial charge in [0.15, 0.2) is 0 Å². The van der Waals surface area contributed by atoms with E-state index >= 15 is 0 Å². The predicted octanol–water partition coefficient (Wildman–Crippen LogP) is 4.30. The van der Waals surface area contributed by atoms with Gasteiger partial charge in [-0.25, -0.2) is 4.79 Å². The first-order valence-electron chi connectivity index (χ1n) is 9.52. The molecular weight excluding hydrogens is 354 g/mol. The quantitative estimate of drug-likeness (QED) is 0.712. The molecule has 4 rings (SSSR count). The van der Waals surface area contributed by atoms with Crippen LogP contribution in [-0.2, 0) is 6.54 Å². The number of fused-ring (bicyclic) bond motifs is 1. The zero-order valence-corrected chi connectivity index (χ0v) is 15.8. The number of anilines is 1. The van der Waals surface area contributed by atoms with Gasteiger partial charge in [-0.15, -0.1) is 0 Å². The second-order valence-electron chi connectivity index (χ2n) is 7.10. The Morgan fingerprint density at radius 3 is 2.75 bits per heavy atom. The lowest BCUT2D eigenvalue weighted by molar-refractivity contribution is 0.0794. The molecule has 1 aliphatic heterocycles. The van der Waals surface area contributed by atoms with E-state index in [4.69, 9.17) is 4.42 Å². The summed E-state index contributed by atoms with van der Waals surface area (Å²) >= 11 is 0. The molecule has 2 aromatic carbocycles. The second-order valence-corrected chi connectivity index (χ2v) is 7.10. The van der Waals surface area contributed by atoms with Gasteiger partial charge in [0.05, 0.1) is 17.5 Å². The van der Waals surface area contributed by atoms with Crippen molar-refractivity contribution in [2.75, 3.05) is 18.4 Å². The molecule has 0 aliphatic carbocycles. The number of amides is 3. The van der Waals surface area contributed by atoms with Crippen LogP contribution >= 0.6 is 0 Å². The van der Waals surface area contributed by atoms with Crippen LogP contribution in [0, 0.1) is 6.92 Å². The van der Waals surface area contributed by atoms with Crippen molar-refractivity contribution in [1.29, 1.82) is 0 Å². The smallest absolute Gasteiger partial charge is 0.319 e. The van der Waals surface area contributed by atoms with Crippen molar-refractivity contribution in [1.82, 2.24) is 10.2 Å². The van der Waals surface area contributed by atoms with Crippen molar-refractivity contribution in [3.8, 4) is 0 Å². The molecule has 28 heavy (non-hydrogen) atoms. The zero-order valence-electron chi connectivity index (χ0n) is 15.8. The molecule has 6 heteroatoms. The van der Waals surface area contributed by atoms with Gasteiger partial charge in [0.25, 0.3) is 5.91 Å². The number of carbonyl (C=O) groups is 2. The van der Waals surface area contributed by atoms with Crippen molar-refractivity contribution < 1.29 is 14.0 Å². The van der Waals surface area contributed by atoms with Crippen LogP contribution < -0.4 is 10.6 Å². The van der Waals surface area contributed by atoms with Crippen molar-refractivity contribution in [2.24, 2.45) is 0 Å². The fourth-order valence-electron chi connectivity index (χ4n) is 3.57. The van der Waals surface area contributed by atoms with E-state index in [9.17, 15) is 9.59 Å². The maximum atomic E-state index is 12.8. The Bertz CT molecular complexity index is 1020. The van der Waals surface area contributed by atoms with Crippen LogP contribution in [0.2, 0.25) is 0 Å². The van der Waals surface area contributed by atoms with Crippen molar-refractivity contribution in [3.05, 3.63) is 65.4 Å². The summed E-state index contributed by atoms with van der Waals surface area (Å²) in [6.07, 6.45) is 3.70. The standard InChI is InChI=1S/C22H23N3O3/c1-15-5-4-6-18(21(26)25-10-2-3-11-25)20(15)24-22(27)23-14-16-7-8-19-17(13-16)9-12-28-19/h4-9,12-13H,2-3,10-11,14H2,1H3,(H2,23,24,27). The minimum Gasteiger partial charge on any atom is -0.464 e. The SMILES string of the molecule is Cc1cccc(C(=O)N2CCCC2)c1NC(=O)NCc1ccc2occc2c1. The molecule has 0 radical (unpaired) electrons. The molecule has 1 aromatic heterocycles. The van der Waals surface area contributed by atoms with Gasteiger partial charge in [-0.2, -0.15) is 0 Å². The number of likely N-dealkylation sites (tertiary alicyclic amines) is 1. The van der Waals surface area contributed by atoms with Gasteiger partial charge in [0.2, 0.25) is 0 Å². The molecule has 0 atom stereocenters. The number of carbonyl (C=O) groups excluding carboxylic acids is 2. The third-order valence-electron chi connectivity index (χ3n) is 5.10. The largest absolute Gasteiger partial charge is 0.464 e. The molecule has 1 fully saturated rings. The average Bonchev–Trinajstić information content (AvgIpc) is 3.39. The Balaban J connectivity index is 1.45. The van der Waals surface area contributed by atoms with Crippen molar-refractivity contribution >= 4 is 28.6 Å². The van der Waals surface area contributed by atoms with Crippen LogP contribution in [0.3, 0.4) is 0 Å². The summed E-state index contributed by atoms with van der Waals surface area (Å²) in [7, 11) is 0. The zero-order chi connectivity index (χ0) is 19.5. The molecular formula is C22H23N3O3. The molecule has 3 aromatic rings. The summed E-state index contributed by atoms with van der Waals surface area (Å²) in [6, 6.07) is 12.9. The number of nitrogens with one attached hydrogen (secondary N) is 2. The maximum absolute atomic E-state index is 12.8. The third kappa shape index (κ3) is 3.71. The maximum Gasteiger partial charge on any atom is 0.319 e. The number of urea groups is 1. The summed E-state index contributed by atoms with van der Waals surface area (Å²) in [4.78, 5) is 27.2. The van der Waals surface area contributed by atoms with E-state index in [1.54, 1.807) is 12.3 Å². The summed E-state index contributed by atoms with van der Waals surface area (Å²) in [6.45, 7) is 3.82. The van der Waals surface area contributed by atoms with Gasteiger partial charge in [-0.05, 0) is 55.2 Å². The average molecular weight is 377 g/mol. The number of hydrogen-bond donors (Lipinski definition) is 2. The minimum atomic E-state index is -0.336. The van der Waals surface area contributed by atoms with Gasteiger partial charge in [0, 0.05) is 25.0 Å². The predicted molar refractivity (Wildman–Crippen MR) is 108 cm³/mol. The molecule has 1 aliphatic rings. The summed E-state index contributed by atoms with van der Waals surface area (Å²) < 4.78 is 5.33. The van der Waals surface area contributed by atoms with Gasteiger partial charge >= 0.3 is 6.03 Å². The number of hydrogen-bond acceptors (Lipinski definition) is 3. The van der Waals surface area contributed by atoms with E-state index in [0.29, 0.717) is 17.8 Å². The summed E-state index contributed by atoms with van der Waals surface area (Å²) in [5, 5.41) is 6.73. The lowest BCUT2D eigenvalue weighted by Crippen LogP contribution is -2.32. The molecule has 6 nitrogen and oxygen atoms in total. The molecule has 3 amide bonds. The highest BCUT2D eigenvalue weighted by molar-refractivity contribution is 6.04. The monoisotopic (exact) mass is 377 g/mol. The highest BCUT2D eigenvalue weighted by Gasteiger charge is 2.23. The normalized spacial score (nSPS) is 13.7. The van der Waals surface area contributed by atoms with E-state index in [2.05, 4.69) is 10.6 Å². The van der Waals surface area contributed by atoms with Gasteiger partial charge < -0.3 is 20.0 Å². The first kappa shape index (κ1) is 18.1. The van der Waals surface area contributed by atoms with E-state index in [-0.39, 0.29) is 11.9 Å². The van der Waals surface area contributed by atoms with Gasteiger partial charge in [0.1, 0.15) is 5.58 Å². The molecule has 2 N–H and O–H groups in total. The van der Waals surface area contributed by atoms with Gasteiger partial charge in [-0.1, -0.05) is 18.2 Å². The van der Waals surface area contributed by atoms with Crippen LogP contribution in [0.5, 0.6) is 0 Å². The van der Waals surface area contributed by atoms with Crippen molar-refractivity contribution in [3.63, 3.8) is 0 Å². The topological polar surface area (TPSA) is 74.6 Å². The Kier molecular flexibility index (Phi) is 5.02. The van der Waals surface area contributed by atoms with E-state index in [1.165, 1.54) is 0 Å². The van der Waals surface area contributed by atoms with Crippen molar-refractivity contribution in [2.45, 2.75) is 26.3 Å². The molecule has 0 spiro atoms. The minimum absolute atomic E-state index is 0.0260. The Hall–Kier alpha value is -3.28. The third-order valence-corrected chi connectivity index (χ3v) is 5.10. The molecule has 2 heterocycles. The first-order valence-corrected chi connectivity index (χ1v) is 9.52. The highest BCUT2D eigenvalue weighted by Crippen LogP contribution is 2.24. The van der Waals surface area contributed by atoms with Crippen LogP contribution in [-0.4, -0.2) is 29.9 Å². The molecule has 1 saturated heterocycles. The van der Waals surface area contributed by atoms with Gasteiger partial charge in [-0.3, -0.25) is 4.79 Å². The van der Waals surface area contributed by atoms with E-state index in [0.717, 1.165) is 48.0 Å². The lowest BCUT2D eigenvalue weighted by atomic mass is 10.1. The highest BCUT2D eigenvalue weighted by atomic mass is 16.3. The van der Waals surface area contributed by atoms with Crippen LogP contribution in [0.4, 0.5) is 10.5 Å².